The van der Waals surface area contributed by atoms with E-state index >= 15 is 0 Å². The van der Waals surface area contributed by atoms with Gasteiger partial charge in [0.1, 0.15) is 0 Å². The van der Waals surface area contributed by atoms with E-state index in [1.807, 2.05) is 4.90 Å². The van der Waals surface area contributed by atoms with E-state index in [0.29, 0.717) is 25.9 Å². The van der Waals surface area contributed by atoms with Crippen molar-refractivity contribution in [1.29, 1.82) is 0 Å². The van der Waals surface area contributed by atoms with Gasteiger partial charge in [0, 0.05) is 17.7 Å². The topological polar surface area (TPSA) is 75.4 Å². The molecule has 0 bridgehead atoms. The molecule has 1 aliphatic rings. The molecule has 0 spiro atoms. The molecule has 5 nitrogen and oxygen atoms in total. The van der Waals surface area contributed by atoms with Crippen LogP contribution in [0.2, 0.25) is 0 Å². The highest BCUT2D eigenvalue weighted by Crippen LogP contribution is 2.17. The molecule has 0 radical (unpaired) electrons. The van der Waals surface area contributed by atoms with Gasteiger partial charge in [0.05, 0.1) is 6.54 Å². The Morgan fingerprint density at radius 1 is 1.24 bits per heavy atom. The molecule has 0 atom stereocenters. The molecule has 3 N–H and O–H groups in total. The van der Waals surface area contributed by atoms with E-state index < -0.39 is 11.6 Å². The largest absolute Gasteiger partial charge is 0.369 e. The fourth-order valence-electron chi connectivity index (χ4n) is 2.35. The number of rotatable bonds is 4. The smallest absolute Gasteiger partial charge is 0.238 e. The van der Waals surface area contributed by atoms with Crippen LogP contribution in [0.5, 0.6) is 0 Å². The van der Waals surface area contributed by atoms with Crippen LogP contribution in [0.15, 0.2) is 18.2 Å². The summed E-state index contributed by atoms with van der Waals surface area (Å²) in [6.07, 6.45) is 1.27. The van der Waals surface area contributed by atoms with Crippen molar-refractivity contribution in [3.8, 4) is 0 Å². The number of nitrogens with two attached hydrogens (primary N) is 1. The Balaban J connectivity index is 1.82. The molecule has 1 fully saturated rings. The number of anilines is 1. The summed E-state index contributed by atoms with van der Waals surface area (Å²) < 4.78 is 25.8. The Hall–Kier alpha value is -2.02. The van der Waals surface area contributed by atoms with Gasteiger partial charge >= 0.3 is 0 Å². The van der Waals surface area contributed by atoms with Crippen LogP contribution in [0.3, 0.4) is 0 Å². The Kier molecular flexibility index (Phi) is 4.85. The highest BCUT2D eigenvalue weighted by Gasteiger charge is 2.24. The molecule has 1 saturated heterocycles. The average Bonchev–Trinajstić information content (AvgIpc) is 2.43. The molecular formula is C14H17F2N3O2. The molecule has 1 aliphatic heterocycles. The van der Waals surface area contributed by atoms with E-state index in [-0.39, 0.29) is 30.0 Å². The SMILES string of the molecule is NC(=O)C1CCN(CC(=O)Nc2ccc(F)c(F)c2)CC1. The van der Waals surface area contributed by atoms with Gasteiger partial charge in [0.15, 0.2) is 11.6 Å². The number of halogens is 2. The van der Waals surface area contributed by atoms with Crippen molar-refractivity contribution < 1.29 is 18.4 Å². The van der Waals surface area contributed by atoms with Crippen molar-refractivity contribution in [1.82, 2.24) is 4.90 Å². The summed E-state index contributed by atoms with van der Waals surface area (Å²) in [4.78, 5) is 24.8. The van der Waals surface area contributed by atoms with Gasteiger partial charge in [-0.05, 0) is 38.1 Å². The first-order valence-electron chi connectivity index (χ1n) is 6.72. The molecular weight excluding hydrogens is 280 g/mol. The van der Waals surface area contributed by atoms with Gasteiger partial charge in [-0.15, -0.1) is 0 Å². The van der Waals surface area contributed by atoms with Gasteiger partial charge < -0.3 is 11.1 Å². The molecule has 2 amide bonds. The van der Waals surface area contributed by atoms with E-state index in [1.165, 1.54) is 6.07 Å². The molecule has 1 aromatic carbocycles. The number of amides is 2. The second-order valence-corrected chi connectivity index (χ2v) is 5.13. The third-order valence-electron chi connectivity index (χ3n) is 3.56. The van der Waals surface area contributed by atoms with Crippen molar-refractivity contribution in [3.63, 3.8) is 0 Å². The van der Waals surface area contributed by atoms with Crippen LogP contribution in [-0.4, -0.2) is 36.3 Å². The molecule has 0 aromatic heterocycles. The second-order valence-electron chi connectivity index (χ2n) is 5.13. The summed E-state index contributed by atoms with van der Waals surface area (Å²) in [6.45, 7) is 1.36. The molecule has 1 aromatic rings. The zero-order chi connectivity index (χ0) is 15.4. The minimum atomic E-state index is -1.00. The quantitative estimate of drug-likeness (QED) is 0.874. The maximum atomic E-state index is 13.0. The fraction of sp³-hybridized carbons (Fsp3) is 0.429. The summed E-state index contributed by atoms with van der Waals surface area (Å²) in [5, 5.41) is 2.51. The number of primary amides is 1. The van der Waals surface area contributed by atoms with Crippen LogP contribution in [0.1, 0.15) is 12.8 Å². The molecule has 1 heterocycles. The van der Waals surface area contributed by atoms with Crippen molar-refractivity contribution in [2.24, 2.45) is 11.7 Å². The van der Waals surface area contributed by atoms with Crippen LogP contribution < -0.4 is 11.1 Å². The lowest BCUT2D eigenvalue weighted by Gasteiger charge is -2.29. The second kappa shape index (κ2) is 6.62. The lowest BCUT2D eigenvalue weighted by Crippen LogP contribution is -2.42. The van der Waals surface area contributed by atoms with E-state index in [1.54, 1.807) is 0 Å². The molecule has 2 rings (SSSR count). The van der Waals surface area contributed by atoms with Crippen molar-refractivity contribution in [2.75, 3.05) is 25.0 Å². The number of piperidine rings is 1. The predicted molar refractivity (Wildman–Crippen MR) is 73.3 cm³/mol. The first-order valence-corrected chi connectivity index (χ1v) is 6.72. The maximum absolute atomic E-state index is 13.0. The van der Waals surface area contributed by atoms with Crippen molar-refractivity contribution >= 4 is 17.5 Å². The van der Waals surface area contributed by atoms with Crippen molar-refractivity contribution in [3.05, 3.63) is 29.8 Å². The minimum Gasteiger partial charge on any atom is -0.369 e. The number of likely N-dealkylation sites (tertiary alicyclic amines) is 1. The summed E-state index contributed by atoms with van der Waals surface area (Å²) in [5.74, 6) is -2.70. The zero-order valence-electron chi connectivity index (χ0n) is 11.4. The molecule has 0 saturated carbocycles. The van der Waals surface area contributed by atoms with Crippen molar-refractivity contribution in [2.45, 2.75) is 12.8 Å². The number of nitrogens with zero attached hydrogens (tertiary/aromatic N) is 1. The molecule has 0 aliphatic carbocycles. The normalized spacial score (nSPS) is 16.7. The highest BCUT2D eigenvalue weighted by molar-refractivity contribution is 5.92. The maximum Gasteiger partial charge on any atom is 0.238 e. The molecule has 0 unspecified atom stereocenters. The number of carbonyl (C=O) groups is 2. The van der Waals surface area contributed by atoms with Gasteiger partial charge in [-0.25, -0.2) is 8.78 Å². The van der Waals surface area contributed by atoms with Crippen LogP contribution in [0.4, 0.5) is 14.5 Å². The summed E-state index contributed by atoms with van der Waals surface area (Å²) in [5.41, 5.74) is 5.45. The lowest BCUT2D eigenvalue weighted by molar-refractivity contribution is -0.123. The molecule has 114 valence electrons. The van der Waals surface area contributed by atoms with Crippen LogP contribution >= 0.6 is 0 Å². The Labute approximate surface area is 121 Å². The Morgan fingerprint density at radius 3 is 2.48 bits per heavy atom. The van der Waals surface area contributed by atoms with Gasteiger partial charge in [-0.1, -0.05) is 0 Å². The summed E-state index contributed by atoms with van der Waals surface area (Å²) in [7, 11) is 0. The van der Waals surface area contributed by atoms with Gasteiger partial charge in [-0.2, -0.15) is 0 Å². The number of carbonyl (C=O) groups excluding carboxylic acids is 2. The number of hydrogen-bond acceptors (Lipinski definition) is 3. The number of nitrogens with one attached hydrogen (secondary N) is 1. The highest BCUT2D eigenvalue weighted by atomic mass is 19.2. The monoisotopic (exact) mass is 297 g/mol. The third-order valence-corrected chi connectivity index (χ3v) is 3.56. The number of hydrogen-bond donors (Lipinski definition) is 2. The van der Waals surface area contributed by atoms with E-state index in [9.17, 15) is 18.4 Å². The minimum absolute atomic E-state index is 0.129. The number of benzene rings is 1. The van der Waals surface area contributed by atoms with Crippen LogP contribution in [-0.2, 0) is 9.59 Å². The average molecular weight is 297 g/mol. The third kappa shape index (κ3) is 4.22. The van der Waals surface area contributed by atoms with Crippen LogP contribution in [0, 0.1) is 17.6 Å². The summed E-state index contributed by atoms with van der Waals surface area (Å²) in [6, 6.07) is 3.20. The lowest BCUT2D eigenvalue weighted by atomic mass is 9.96. The van der Waals surface area contributed by atoms with E-state index in [0.717, 1.165) is 12.1 Å². The van der Waals surface area contributed by atoms with Crippen LogP contribution in [0.25, 0.3) is 0 Å². The van der Waals surface area contributed by atoms with Gasteiger partial charge in [0.25, 0.3) is 0 Å². The van der Waals surface area contributed by atoms with Gasteiger partial charge in [-0.3, -0.25) is 14.5 Å². The predicted octanol–water partition coefficient (Wildman–Crippen LogP) is 1.10. The molecule has 7 heteroatoms. The zero-order valence-corrected chi connectivity index (χ0v) is 11.4. The van der Waals surface area contributed by atoms with E-state index in [2.05, 4.69) is 5.32 Å². The first kappa shape index (κ1) is 15.4. The summed E-state index contributed by atoms with van der Waals surface area (Å²) >= 11 is 0. The van der Waals surface area contributed by atoms with E-state index in [4.69, 9.17) is 5.73 Å². The first-order chi connectivity index (χ1) is 9.95. The Morgan fingerprint density at radius 2 is 1.90 bits per heavy atom. The van der Waals surface area contributed by atoms with Gasteiger partial charge in [0.2, 0.25) is 11.8 Å². The molecule has 21 heavy (non-hydrogen) atoms. The standard InChI is InChI=1S/C14H17F2N3O2/c15-11-2-1-10(7-12(11)16)18-13(20)8-19-5-3-9(4-6-19)14(17)21/h1-2,7,9H,3-6,8H2,(H2,17,21)(H,18,20). The fourth-order valence-corrected chi connectivity index (χ4v) is 2.35. The Bertz CT molecular complexity index is 543.